The molecule has 0 spiro atoms. The predicted molar refractivity (Wildman–Crippen MR) is 85.6 cm³/mol. The van der Waals surface area contributed by atoms with Gasteiger partial charge in [-0.3, -0.25) is 4.68 Å². The van der Waals surface area contributed by atoms with Gasteiger partial charge in [0, 0.05) is 31.3 Å². The Morgan fingerprint density at radius 3 is 2.71 bits per heavy atom. The summed E-state index contributed by atoms with van der Waals surface area (Å²) in [5.74, 6) is 0.963. The van der Waals surface area contributed by atoms with Crippen LogP contribution >= 0.6 is 0 Å². The standard InChI is InChI=1S/C17H25N3O/c1-4-11-18-16(13-14-10-12-20(3)19-14)15-8-6-7-9-17(15)21-5-2/h6-10,12,16,18H,4-5,11,13H2,1-3H3. The van der Waals surface area contributed by atoms with Gasteiger partial charge >= 0.3 is 0 Å². The lowest BCUT2D eigenvalue weighted by Gasteiger charge is -2.21. The summed E-state index contributed by atoms with van der Waals surface area (Å²) < 4.78 is 7.62. The minimum atomic E-state index is 0.225. The van der Waals surface area contributed by atoms with E-state index in [9.17, 15) is 0 Å². The zero-order chi connectivity index (χ0) is 15.1. The first-order valence-corrected chi connectivity index (χ1v) is 7.68. The van der Waals surface area contributed by atoms with E-state index in [1.54, 1.807) is 0 Å². The number of rotatable bonds is 8. The van der Waals surface area contributed by atoms with Crippen molar-refractivity contribution < 1.29 is 4.74 Å². The molecule has 0 bridgehead atoms. The second-order valence-electron chi connectivity index (χ2n) is 5.16. The second kappa shape index (κ2) is 7.84. The van der Waals surface area contributed by atoms with E-state index in [0.29, 0.717) is 6.61 Å². The number of aryl methyl sites for hydroxylation is 1. The molecule has 1 aromatic carbocycles. The molecule has 1 heterocycles. The minimum absolute atomic E-state index is 0.225. The molecule has 0 radical (unpaired) electrons. The lowest BCUT2D eigenvalue weighted by atomic mass is 10.0. The molecule has 21 heavy (non-hydrogen) atoms. The van der Waals surface area contributed by atoms with Crippen molar-refractivity contribution in [1.29, 1.82) is 0 Å². The summed E-state index contributed by atoms with van der Waals surface area (Å²) in [6.45, 7) is 5.86. The molecule has 2 rings (SSSR count). The van der Waals surface area contributed by atoms with E-state index in [2.05, 4.69) is 35.5 Å². The zero-order valence-corrected chi connectivity index (χ0v) is 13.2. The Morgan fingerprint density at radius 1 is 1.24 bits per heavy atom. The SMILES string of the molecule is CCCNC(Cc1ccn(C)n1)c1ccccc1OCC. The number of para-hydroxylation sites is 1. The Kier molecular flexibility index (Phi) is 5.81. The van der Waals surface area contributed by atoms with Crippen LogP contribution in [-0.2, 0) is 13.5 Å². The molecule has 1 aromatic heterocycles. The highest BCUT2D eigenvalue weighted by Gasteiger charge is 2.17. The zero-order valence-electron chi connectivity index (χ0n) is 13.2. The number of hydrogen-bond acceptors (Lipinski definition) is 3. The number of ether oxygens (including phenoxy) is 1. The maximum atomic E-state index is 5.78. The third kappa shape index (κ3) is 4.33. The van der Waals surface area contributed by atoms with E-state index in [-0.39, 0.29) is 6.04 Å². The molecule has 0 saturated carbocycles. The van der Waals surface area contributed by atoms with Gasteiger partial charge in [-0.1, -0.05) is 25.1 Å². The first-order valence-electron chi connectivity index (χ1n) is 7.68. The van der Waals surface area contributed by atoms with Crippen LogP contribution in [-0.4, -0.2) is 22.9 Å². The summed E-state index contributed by atoms with van der Waals surface area (Å²) >= 11 is 0. The van der Waals surface area contributed by atoms with Crippen molar-refractivity contribution in [1.82, 2.24) is 15.1 Å². The average Bonchev–Trinajstić information content (AvgIpc) is 2.90. The van der Waals surface area contributed by atoms with Gasteiger partial charge < -0.3 is 10.1 Å². The molecule has 2 aromatic rings. The highest BCUT2D eigenvalue weighted by Crippen LogP contribution is 2.27. The van der Waals surface area contributed by atoms with Gasteiger partial charge in [-0.2, -0.15) is 5.10 Å². The van der Waals surface area contributed by atoms with Crippen molar-refractivity contribution in [2.24, 2.45) is 7.05 Å². The van der Waals surface area contributed by atoms with E-state index in [1.807, 2.05) is 37.0 Å². The van der Waals surface area contributed by atoms with Crippen molar-refractivity contribution in [2.45, 2.75) is 32.7 Å². The molecule has 1 unspecified atom stereocenters. The van der Waals surface area contributed by atoms with Gasteiger partial charge in [0.05, 0.1) is 12.3 Å². The van der Waals surface area contributed by atoms with Crippen LogP contribution in [0.1, 0.15) is 37.6 Å². The van der Waals surface area contributed by atoms with Crippen LogP contribution in [0.15, 0.2) is 36.5 Å². The lowest BCUT2D eigenvalue weighted by molar-refractivity contribution is 0.330. The Morgan fingerprint density at radius 2 is 2.05 bits per heavy atom. The molecule has 0 saturated heterocycles. The van der Waals surface area contributed by atoms with E-state index in [0.717, 1.165) is 30.8 Å². The summed E-state index contributed by atoms with van der Waals surface area (Å²) in [5, 5.41) is 8.11. The monoisotopic (exact) mass is 287 g/mol. The van der Waals surface area contributed by atoms with Gasteiger partial charge in [-0.15, -0.1) is 0 Å². The van der Waals surface area contributed by atoms with Crippen LogP contribution in [0.3, 0.4) is 0 Å². The highest BCUT2D eigenvalue weighted by molar-refractivity contribution is 5.36. The topological polar surface area (TPSA) is 39.1 Å². The number of nitrogens with one attached hydrogen (secondary N) is 1. The quantitative estimate of drug-likeness (QED) is 0.811. The average molecular weight is 287 g/mol. The second-order valence-corrected chi connectivity index (χ2v) is 5.16. The van der Waals surface area contributed by atoms with Gasteiger partial charge in [0.25, 0.3) is 0 Å². The molecule has 0 amide bonds. The lowest BCUT2D eigenvalue weighted by Crippen LogP contribution is -2.25. The molecule has 0 aliphatic rings. The Bertz CT molecular complexity index is 550. The number of aromatic nitrogens is 2. The molecule has 0 aliphatic carbocycles. The van der Waals surface area contributed by atoms with Crippen LogP contribution < -0.4 is 10.1 Å². The number of nitrogens with zero attached hydrogens (tertiary/aromatic N) is 2. The summed E-state index contributed by atoms with van der Waals surface area (Å²) in [5.41, 5.74) is 2.30. The molecular formula is C17H25N3O. The number of hydrogen-bond donors (Lipinski definition) is 1. The first-order chi connectivity index (χ1) is 10.2. The Balaban J connectivity index is 2.22. The van der Waals surface area contributed by atoms with E-state index < -0.39 is 0 Å². The first kappa shape index (κ1) is 15.6. The third-order valence-electron chi connectivity index (χ3n) is 3.42. The van der Waals surface area contributed by atoms with Crippen molar-refractivity contribution >= 4 is 0 Å². The van der Waals surface area contributed by atoms with Crippen LogP contribution in [0.25, 0.3) is 0 Å². The van der Waals surface area contributed by atoms with Crippen LogP contribution in [0.2, 0.25) is 0 Å². The van der Waals surface area contributed by atoms with E-state index in [4.69, 9.17) is 4.74 Å². The molecule has 114 valence electrons. The Hall–Kier alpha value is -1.81. The predicted octanol–water partition coefficient (Wildman–Crippen LogP) is 3.10. The van der Waals surface area contributed by atoms with Gasteiger partial charge in [0.1, 0.15) is 5.75 Å². The van der Waals surface area contributed by atoms with E-state index >= 15 is 0 Å². The molecular weight excluding hydrogens is 262 g/mol. The molecule has 1 N–H and O–H groups in total. The van der Waals surface area contributed by atoms with Crippen molar-refractivity contribution in [3.8, 4) is 5.75 Å². The molecule has 4 heteroatoms. The van der Waals surface area contributed by atoms with Crippen LogP contribution in [0.5, 0.6) is 5.75 Å². The molecule has 0 fully saturated rings. The largest absolute Gasteiger partial charge is 0.494 e. The highest BCUT2D eigenvalue weighted by atomic mass is 16.5. The molecule has 1 atom stereocenters. The summed E-state index contributed by atoms with van der Waals surface area (Å²) in [7, 11) is 1.95. The van der Waals surface area contributed by atoms with Crippen molar-refractivity contribution in [2.75, 3.05) is 13.2 Å². The van der Waals surface area contributed by atoms with Gasteiger partial charge in [-0.05, 0) is 32.0 Å². The van der Waals surface area contributed by atoms with Gasteiger partial charge in [0.15, 0.2) is 0 Å². The fourth-order valence-corrected chi connectivity index (χ4v) is 2.45. The summed E-state index contributed by atoms with van der Waals surface area (Å²) in [6, 6.07) is 10.6. The van der Waals surface area contributed by atoms with Gasteiger partial charge in [0.2, 0.25) is 0 Å². The fourth-order valence-electron chi connectivity index (χ4n) is 2.45. The van der Waals surface area contributed by atoms with Crippen molar-refractivity contribution in [3.05, 3.63) is 47.8 Å². The molecule has 4 nitrogen and oxygen atoms in total. The summed E-state index contributed by atoms with van der Waals surface area (Å²) in [6.07, 6.45) is 3.96. The van der Waals surface area contributed by atoms with Crippen LogP contribution in [0.4, 0.5) is 0 Å². The van der Waals surface area contributed by atoms with E-state index in [1.165, 1.54) is 5.56 Å². The summed E-state index contributed by atoms with van der Waals surface area (Å²) in [4.78, 5) is 0. The Labute approximate surface area is 127 Å². The molecule has 0 aliphatic heterocycles. The minimum Gasteiger partial charge on any atom is -0.494 e. The maximum absolute atomic E-state index is 5.78. The maximum Gasteiger partial charge on any atom is 0.124 e. The smallest absolute Gasteiger partial charge is 0.124 e. The third-order valence-corrected chi connectivity index (χ3v) is 3.42. The normalized spacial score (nSPS) is 12.3. The van der Waals surface area contributed by atoms with Crippen molar-refractivity contribution in [3.63, 3.8) is 0 Å². The van der Waals surface area contributed by atoms with Crippen LogP contribution in [0, 0.1) is 0 Å². The number of benzene rings is 1. The fraction of sp³-hybridized carbons (Fsp3) is 0.471. The van der Waals surface area contributed by atoms with Gasteiger partial charge in [-0.25, -0.2) is 0 Å².